The molecular formula is C9H10BrN3O3. The number of primary amides is 1. The van der Waals surface area contributed by atoms with Crippen molar-refractivity contribution in [1.29, 1.82) is 0 Å². The molecule has 16 heavy (non-hydrogen) atoms. The third kappa shape index (κ3) is 3.13. The highest BCUT2D eigenvalue weighted by molar-refractivity contribution is 9.10. The number of nitrogens with one attached hydrogen (secondary N) is 2. The number of carbonyl (C=O) groups excluding carboxylic acids is 2. The van der Waals surface area contributed by atoms with Gasteiger partial charge < -0.3 is 10.5 Å². The van der Waals surface area contributed by atoms with Gasteiger partial charge in [0.2, 0.25) is 0 Å². The number of rotatable bonds is 2. The van der Waals surface area contributed by atoms with E-state index in [-0.39, 0.29) is 0 Å². The smallest absolute Gasteiger partial charge is 0.330 e. The van der Waals surface area contributed by atoms with E-state index in [1.807, 2.05) is 5.43 Å². The predicted octanol–water partition coefficient (Wildman–Crippen LogP) is 0.771. The summed E-state index contributed by atoms with van der Waals surface area (Å²) in [6, 6.07) is 3.92. The van der Waals surface area contributed by atoms with Crippen LogP contribution in [0.25, 0.3) is 0 Å². The van der Waals surface area contributed by atoms with E-state index in [0.717, 1.165) is 0 Å². The minimum absolute atomic E-state index is 0.362. The fraction of sp³-hybridized carbons (Fsp3) is 0.111. The van der Waals surface area contributed by atoms with Crippen LogP contribution in [0.1, 0.15) is 10.4 Å². The molecule has 0 aliphatic carbocycles. The van der Waals surface area contributed by atoms with Gasteiger partial charge in [-0.3, -0.25) is 10.2 Å². The highest BCUT2D eigenvalue weighted by Gasteiger charge is 2.08. The molecule has 0 atom stereocenters. The van der Waals surface area contributed by atoms with Crippen molar-refractivity contribution in [3.63, 3.8) is 0 Å². The van der Waals surface area contributed by atoms with E-state index in [9.17, 15) is 9.59 Å². The number of hydrogen-bond donors (Lipinski definition) is 3. The number of nitrogens with two attached hydrogens (primary N) is 1. The first kappa shape index (κ1) is 12.3. The van der Waals surface area contributed by atoms with Crippen molar-refractivity contribution < 1.29 is 14.3 Å². The van der Waals surface area contributed by atoms with Crippen molar-refractivity contribution in [2.45, 2.75) is 0 Å². The summed E-state index contributed by atoms with van der Waals surface area (Å²) in [7, 11) is 1.52. The van der Waals surface area contributed by atoms with Crippen molar-refractivity contribution in [1.82, 2.24) is 10.9 Å². The van der Waals surface area contributed by atoms with E-state index < -0.39 is 11.9 Å². The number of benzene rings is 1. The van der Waals surface area contributed by atoms with Crippen LogP contribution in [-0.4, -0.2) is 19.0 Å². The van der Waals surface area contributed by atoms with Crippen molar-refractivity contribution in [2.24, 2.45) is 5.73 Å². The van der Waals surface area contributed by atoms with Crippen molar-refractivity contribution in [3.8, 4) is 5.75 Å². The molecule has 0 bridgehead atoms. The van der Waals surface area contributed by atoms with Crippen molar-refractivity contribution in [2.75, 3.05) is 7.11 Å². The number of hydrogen-bond acceptors (Lipinski definition) is 3. The van der Waals surface area contributed by atoms with Gasteiger partial charge in [0.1, 0.15) is 5.75 Å². The summed E-state index contributed by atoms with van der Waals surface area (Å²) < 4.78 is 5.65. The summed E-state index contributed by atoms with van der Waals surface area (Å²) in [6.07, 6.45) is 0. The summed E-state index contributed by atoms with van der Waals surface area (Å²) in [5.74, 6) is 0.140. The zero-order valence-corrected chi connectivity index (χ0v) is 10.00. The molecule has 0 fully saturated rings. The first-order chi connectivity index (χ1) is 7.54. The van der Waals surface area contributed by atoms with Gasteiger partial charge in [-0.2, -0.15) is 0 Å². The van der Waals surface area contributed by atoms with E-state index in [1.165, 1.54) is 7.11 Å². The van der Waals surface area contributed by atoms with Gasteiger partial charge in [0.25, 0.3) is 5.91 Å². The van der Waals surface area contributed by atoms with E-state index >= 15 is 0 Å². The Morgan fingerprint density at radius 1 is 1.38 bits per heavy atom. The Balaban J connectivity index is 2.77. The molecule has 1 aromatic rings. The Labute approximate surface area is 100 Å². The number of ether oxygens (including phenoxy) is 1. The van der Waals surface area contributed by atoms with E-state index in [2.05, 4.69) is 21.4 Å². The topological polar surface area (TPSA) is 93.4 Å². The predicted molar refractivity (Wildman–Crippen MR) is 60.9 cm³/mol. The van der Waals surface area contributed by atoms with Crippen LogP contribution in [-0.2, 0) is 0 Å². The molecule has 0 spiro atoms. The van der Waals surface area contributed by atoms with Crippen LogP contribution in [0, 0.1) is 0 Å². The first-order valence-corrected chi connectivity index (χ1v) is 5.03. The lowest BCUT2D eigenvalue weighted by Crippen LogP contribution is -2.44. The maximum Gasteiger partial charge on any atom is 0.330 e. The molecule has 3 amide bonds. The minimum atomic E-state index is -0.832. The van der Waals surface area contributed by atoms with Crippen LogP contribution in [0.4, 0.5) is 4.79 Å². The fourth-order valence-electron chi connectivity index (χ4n) is 0.998. The lowest BCUT2D eigenvalue weighted by Gasteiger charge is -2.07. The van der Waals surface area contributed by atoms with Crippen LogP contribution in [0.15, 0.2) is 22.7 Å². The second-order valence-electron chi connectivity index (χ2n) is 2.79. The standard InChI is InChI=1S/C9H10BrN3O3/c1-16-7-3-2-5(4-6(7)10)8(14)12-13-9(11)15/h2-4H,1H3,(H,12,14)(H3,11,13,15). The maximum atomic E-state index is 11.5. The van der Waals surface area contributed by atoms with E-state index in [0.29, 0.717) is 15.8 Å². The Hall–Kier alpha value is -1.76. The monoisotopic (exact) mass is 287 g/mol. The quantitative estimate of drug-likeness (QED) is 0.702. The number of methoxy groups -OCH3 is 1. The zero-order valence-electron chi connectivity index (χ0n) is 8.41. The number of carbonyl (C=O) groups is 2. The van der Waals surface area contributed by atoms with Crippen LogP contribution < -0.4 is 21.3 Å². The van der Waals surface area contributed by atoms with E-state index in [1.54, 1.807) is 18.2 Å². The molecule has 0 unspecified atom stereocenters. The Bertz CT molecular complexity index is 422. The van der Waals surface area contributed by atoms with Gasteiger partial charge in [0.05, 0.1) is 11.6 Å². The molecule has 0 radical (unpaired) electrons. The summed E-state index contributed by atoms with van der Waals surface area (Å²) in [4.78, 5) is 21.8. The molecule has 7 heteroatoms. The molecule has 0 aliphatic rings. The zero-order chi connectivity index (χ0) is 12.1. The van der Waals surface area contributed by atoms with Gasteiger partial charge in [-0.15, -0.1) is 0 Å². The van der Waals surface area contributed by atoms with Gasteiger partial charge in [0, 0.05) is 5.56 Å². The molecule has 0 saturated heterocycles. The molecule has 0 saturated carbocycles. The normalized spacial score (nSPS) is 9.38. The number of urea groups is 1. The van der Waals surface area contributed by atoms with Gasteiger partial charge >= 0.3 is 6.03 Å². The molecule has 6 nitrogen and oxygen atoms in total. The lowest BCUT2D eigenvalue weighted by atomic mass is 10.2. The summed E-state index contributed by atoms with van der Waals surface area (Å²) in [5, 5.41) is 0. The Morgan fingerprint density at radius 3 is 2.56 bits per heavy atom. The van der Waals surface area contributed by atoms with Crippen molar-refractivity contribution >= 4 is 27.9 Å². The minimum Gasteiger partial charge on any atom is -0.496 e. The van der Waals surface area contributed by atoms with Crippen LogP contribution in [0.2, 0.25) is 0 Å². The fourth-order valence-corrected chi connectivity index (χ4v) is 1.54. The SMILES string of the molecule is COc1ccc(C(=O)NNC(N)=O)cc1Br. The number of amides is 3. The van der Waals surface area contributed by atoms with Crippen molar-refractivity contribution in [3.05, 3.63) is 28.2 Å². The average molecular weight is 288 g/mol. The molecule has 0 aliphatic heterocycles. The Morgan fingerprint density at radius 2 is 2.06 bits per heavy atom. The van der Waals surface area contributed by atoms with Gasteiger partial charge in [0.15, 0.2) is 0 Å². The average Bonchev–Trinajstić information content (AvgIpc) is 2.25. The summed E-state index contributed by atoms with van der Waals surface area (Å²) in [6.45, 7) is 0. The number of halogens is 1. The van der Waals surface area contributed by atoms with Gasteiger partial charge in [-0.25, -0.2) is 10.2 Å². The van der Waals surface area contributed by atoms with E-state index in [4.69, 9.17) is 10.5 Å². The lowest BCUT2D eigenvalue weighted by molar-refractivity contribution is 0.0937. The summed E-state index contributed by atoms with van der Waals surface area (Å²) >= 11 is 3.24. The third-order valence-electron chi connectivity index (χ3n) is 1.71. The van der Waals surface area contributed by atoms with Gasteiger partial charge in [-0.1, -0.05) is 0 Å². The van der Waals surface area contributed by atoms with Crippen LogP contribution in [0.3, 0.4) is 0 Å². The molecule has 4 N–H and O–H groups in total. The largest absolute Gasteiger partial charge is 0.496 e. The molecule has 0 aromatic heterocycles. The third-order valence-corrected chi connectivity index (χ3v) is 2.33. The molecule has 1 aromatic carbocycles. The van der Waals surface area contributed by atoms with Crippen LogP contribution in [0.5, 0.6) is 5.75 Å². The van der Waals surface area contributed by atoms with Crippen LogP contribution >= 0.6 is 15.9 Å². The molecule has 86 valence electrons. The second kappa shape index (κ2) is 5.36. The maximum absolute atomic E-state index is 11.5. The number of hydrazine groups is 1. The summed E-state index contributed by atoms with van der Waals surface area (Å²) in [5.41, 5.74) is 9.29. The molecule has 0 heterocycles. The molecule has 1 rings (SSSR count). The second-order valence-corrected chi connectivity index (χ2v) is 3.65. The van der Waals surface area contributed by atoms with Gasteiger partial charge in [-0.05, 0) is 34.1 Å². The first-order valence-electron chi connectivity index (χ1n) is 4.24. The Kier molecular flexibility index (Phi) is 4.12. The molecular weight excluding hydrogens is 278 g/mol. The highest BCUT2D eigenvalue weighted by Crippen LogP contribution is 2.25. The highest BCUT2D eigenvalue weighted by atomic mass is 79.9.